The monoisotopic (exact) mass is 286 g/mol. The molecule has 0 aliphatic rings. The smallest absolute Gasteiger partial charge is 0.339 e. The fraction of sp³-hybridized carbons (Fsp3) is 0.250. The molecule has 0 spiro atoms. The van der Waals surface area contributed by atoms with E-state index in [1.165, 1.54) is 0 Å². The molecule has 1 heterocycles. The van der Waals surface area contributed by atoms with Crippen LogP contribution in [0.1, 0.15) is 18.1 Å². The first-order chi connectivity index (χ1) is 10.0. The number of carbonyl (C=O) groups excluding carboxylic acids is 1. The van der Waals surface area contributed by atoms with Gasteiger partial charge in [-0.15, -0.1) is 0 Å². The Labute approximate surface area is 122 Å². The predicted octanol–water partition coefficient (Wildman–Crippen LogP) is 1.84. The van der Waals surface area contributed by atoms with E-state index in [9.17, 15) is 9.59 Å². The average Bonchev–Trinajstić information content (AvgIpc) is 2.45. The van der Waals surface area contributed by atoms with Crippen LogP contribution in [0.15, 0.2) is 45.6 Å². The number of hydrogen-bond donors (Lipinski definition) is 2. The number of para-hydroxylation sites is 1. The largest absolute Gasteiger partial charge is 0.423 e. The van der Waals surface area contributed by atoms with Crippen molar-refractivity contribution < 1.29 is 9.21 Å². The molecule has 2 rings (SSSR count). The van der Waals surface area contributed by atoms with E-state index in [2.05, 4.69) is 17.4 Å². The number of carbonyl (C=O) groups is 1. The third kappa shape index (κ3) is 3.38. The topological polar surface area (TPSA) is 71.3 Å². The minimum Gasteiger partial charge on any atom is -0.423 e. The second kappa shape index (κ2) is 6.37. The summed E-state index contributed by atoms with van der Waals surface area (Å²) in [6.45, 7) is 7.50. The van der Waals surface area contributed by atoms with Gasteiger partial charge in [0.25, 0.3) is 5.91 Å². The summed E-state index contributed by atoms with van der Waals surface area (Å²) in [7, 11) is 0. The van der Waals surface area contributed by atoms with Gasteiger partial charge in [-0.1, -0.05) is 24.8 Å². The van der Waals surface area contributed by atoms with Crippen LogP contribution in [0.3, 0.4) is 0 Å². The van der Waals surface area contributed by atoms with Crippen LogP contribution >= 0.6 is 0 Å². The van der Waals surface area contributed by atoms with Crippen LogP contribution in [-0.4, -0.2) is 12.5 Å². The number of amides is 1. The maximum Gasteiger partial charge on any atom is 0.339 e. The SMILES string of the molecule is C=C(C)C(=O)NNCCc1c(C)c2ccccc2oc1=O. The van der Waals surface area contributed by atoms with Crippen LogP contribution in [0.25, 0.3) is 11.0 Å². The van der Waals surface area contributed by atoms with Crippen LogP contribution in [-0.2, 0) is 11.2 Å². The third-order valence-corrected chi connectivity index (χ3v) is 3.28. The number of fused-ring (bicyclic) bond motifs is 1. The van der Waals surface area contributed by atoms with Gasteiger partial charge in [-0.3, -0.25) is 10.2 Å². The zero-order valence-corrected chi connectivity index (χ0v) is 12.2. The highest BCUT2D eigenvalue weighted by Crippen LogP contribution is 2.18. The third-order valence-electron chi connectivity index (χ3n) is 3.28. The first-order valence-electron chi connectivity index (χ1n) is 6.70. The zero-order valence-electron chi connectivity index (χ0n) is 12.2. The minimum atomic E-state index is -0.334. The molecular weight excluding hydrogens is 268 g/mol. The summed E-state index contributed by atoms with van der Waals surface area (Å²) in [5.41, 5.74) is 7.49. The molecule has 1 aromatic carbocycles. The number of aryl methyl sites for hydroxylation is 1. The molecule has 1 aromatic heterocycles. The summed E-state index contributed by atoms with van der Waals surface area (Å²) in [5, 5.41) is 0.929. The maximum atomic E-state index is 12.0. The molecule has 0 unspecified atom stereocenters. The number of rotatable bonds is 5. The van der Waals surface area contributed by atoms with Crippen molar-refractivity contribution in [3.63, 3.8) is 0 Å². The molecule has 5 nitrogen and oxygen atoms in total. The first-order valence-corrected chi connectivity index (χ1v) is 6.70. The van der Waals surface area contributed by atoms with Crippen molar-refractivity contribution in [1.29, 1.82) is 0 Å². The van der Waals surface area contributed by atoms with E-state index >= 15 is 0 Å². The molecule has 1 amide bonds. The van der Waals surface area contributed by atoms with Crippen LogP contribution in [0.5, 0.6) is 0 Å². The van der Waals surface area contributed by atoms with E-state index in [1.54, 1.807) is 13.0 Å². The molecule has 0 saturated carbocycles. The average molecular weight is 286 g/mol. The van der Waals surface area contributed by atoms with Crippen molar-refractivity contribution >= 4 is 16.9 Å². The predicted molar refractivity (Wildman–Crippen MR) is 81.9 cm³/mol. The zero-order chi connectivity index (χ0) is 15.4. The minimum absolute atomic E-state index is 0.266. The van der Waals surface area contributed by atoms with Gasteiger partial charge in [0, 0.05) is 23.1 Å². The molecular formula is C16H18N2O3. The summed E-state index contributed by atoms with van der Waals surface area (Å²) in [4.78, 5) is 23.3. The van der Waals surface area contributed by atoms with Crippen LogP contribution in [0.2, 0.25) is 0 Å². The Morgan fingerprint density at radius 2 is 2.05 bits per heavy atom. The van der Waals surface area contributed by atoms with Crippen LogP contribution in [0, 0.1) is 6.92 Å². The fourth-order valence-corrected chi connectivity index (χ4v) is 2.07. The lowest BCUT2D eigenvalue weighted by Crippen LogP contribution is -2.39. The quantitative estimate of drug-likeness (QED) is 0.381. The normalized spacial score (nSPS) is 10.6. The molecule has 21 heavy (non-hydrogen) atoms. The van der Waals surface area contributed by atoms with Gasteiger partial charge in [0.05, 0.1) is 0 Å². The van der Waals surface area contributed by atoms with Gasteiger partial charge in [0.1, 0.15) is 5.58 Å². The number of benzene rings is 1. The van der Waals surface area contributed by atoms with E-state index in [1.807, 2.05) is 25.1 Å². The molecule has 2 aromatic rings. The highest BCUT2D eigenvalue weighted by Gasteiger charge is 2.10. The van der Waals surface area contributed by atoms with E-state index in [4.69, 9.17) is 4.42 Å². The van der Waals surface area contributed by atoms with E-state index in [0.717, 1.165) is 10.9 Å². The van der Waals surface area contributed by atoms with Crippen LogP contribution < -0.4 is 16.5 Å². The summed E-state index contributed by atoms with van der Waals surface area (Å²) in [6.07, 6.45) is 0.468. The summed E-state index contributed by atoms with van der Waals surface area (Å²) in [6, 6.07) is 7.44. The lowest BCUT2D eigenvalue weighted by Gasteiger charge is -2.09. The first kappa shape index (κ1) is 15.0. The van der Waals surface area contributed by atoms with Gasteiger partial charge >= 0.3 is 5.63 Å². The van der Waals surface area contributed by atoms with Gasteiger partial charge in [-0.05, 0) is 31.9 Å². The Morgan fingerprint density at radius 3 is 2.76 bits per heavy atom. The molecule has 0 aliphatic carbocycles. The number of nitrogens with one attached hydrogen (secondary N) is 2. The maximum absolute atomic E-state index is 12.0. The highest BCUT2D eigenvalue weighted by molar-refractivity contribution is 5.91. The fourth-order valence-electron chi connectivity index (χ4n) is 2.07. The second-order valence-corrected chi connectivity index (χ2v) is 4.90. The summed E-state index contributed by atoms with van der Waals surface area (Å²) in [5.74, 6) is -0.266. The van der Waals surface area contributed by atoms with E-state index in [0.29, 0.717) is 29.7 Å². The Balaban J connectivity index is 2.10. The number of hydrazine groups is 1. The highest BCUT2D eigenvalue weighted by atomic mass is 16.4. The summed E-state index contributed by atoms with van der Waals surface area (Å²) < 4.78 is 5.31. The van der Waals surface area contributed by atoms with Gasteiger partial charge in [0.15, 0.2) is 0 Å². The lowest BCUT2D eigenvalue weighted by molar-refractivity contribution is -0.118. The standard InChI is InChI=1S/C16H18N2O3/c1-10(2)15(19)18-17-9-8-13-11(3)12-6-4-5-7-14(12)21-16(13)20/h4-7,17H,1,8-9H2,2-3H3,(H,18,19). The molecule has 2 N–H and O–H groups in total. The lowest BCUT2D eigenvalue weighted by atomic mass is 10.0. The molecule has 110 valence electrons. The Hall–Kier alpha value is -2.40. The van der Waals surface area contributed by atoms with Gasteiger partial charge in [-0.25, -0.2) is 10.2 Å². The van der Waals surface area contributed by atoms with E-state index < -0.39 is 0 Å². The molecule has 0 fully saturated rings. The van der Waals surface area contributed by atoms with Gasteiger partial charge < -0.3 is 4.42 Å². The van der Waals surface area contributed by atoms with Gasteiger partial charge in [-0.2, -0.15) is 0 Å². The Morgan fingerprint density at radius 1 is 1.33 bits per heavy atom. The van der Waals surface area contributed by atoms with Crippen molar-refractivity contribution in [2.45, 2.75) is 20.3 Å². The van der Waals surface area contributed by atoms with E-state index in [-0.39, 0.29) is 11.5 Å². The van der Waals surface area contributed by atoms with Crippen molar-refractivity contribution in [3.8, 4) is 0 Å². The van der Waals surface area contributed by atoms with Crippen molar-refractivity contribution in [2.75, 3.05) is 6.54 Å². The molecule has 0 aliphatic heterocycles. The van der Waals surface area contributed by atoms with Crippen molar-refractivity contribution in [1.82, 2.24) is 10.9 Å². The molecule has 0 atom stereocenters. The number of hydrogen-bond acceptors (Lipinski definition) is 4. The van der Waals surface area contributed by atoms with Gasteiger partial charge in [0.2, 0.25) is 0 Å². The summed E-state index contributed by atoms with van der Waals surface area (Å²) >= 11 is 0. The molecule has 0 radical (unpaired) electrons. The Kier molecular flexibility index (Phi) is 4.55. The van der Waals surface area contributed by atoms with Crippen molar-refractivity contribution in [3.05, 3.63) is 58.0 Å². The van der Waals surface area contributed by atoms with Crippen molar-refractivity contribution in [2.24, 2.45) is 0 Å². The molecule has 0 saturated heterocycles. The molecule has 0 bridgehead atoms. The Bertz CT molecular complexity index is 747. The van der Waals surface area contributed by atoms with Crippen LogP contribution in [0.4, 0.5) is 0 Å². The molecule has 5 heteroatoms. The second-order valence-electron chi connectivity index (χ2n) is 4.90.